The molecule has 106 valence electrons. The summed E-state index contributed by atoms with van der Waals surface area (Å²) in [5, 5.41) is 0. The van der Waals surface area contributed by atoms with Crippen LogP contribution in [-0.4, -0.2) is 16.6 Å². The molecular weight excluding hydrogens is 338 g/mol. The van der Waals surface area contributed by atoms with E-state index in [0.717, 1.165) is 15.8 Å². The molecule has 0 spiro atoms. The van der Waals surface area contributed by atoms with E-state index >= 15 is 0 Å². The fraction of sp³-hybridized carbons (Fsp3) is 0.200. The molecule has 0 aliphatic rings. The second-order valence-corrected chi connectivity index (χ2v) is 6.85. The van der Waals surface area contributed by atoms with E-state index in [0.29, 0.717) is 22.9 Å². The third kappa shape index (κ3) is 4.08. The van der Waals surface area contributed by atoms with Gasteiger partial charge in [-0.1, -0.05) is 22.0 Å². The SMILES string of the molecule is Cc1ccc(N)c(S(=O)CCOc2ccc(Br)cc2)c1. The Labute approximate surface area is 129 Å². The molecule has 2 N–H and O–H groups in total. The maximum atomic E-state index is 12.2. The summed E-state index contributed by atoms with van der Waals surface area (Å²) in [7, 11) is -1.14. The molecule has 0 saturated heterocycles. The van der Waals surface area contributed by atoms with Crippen molar-refractivity contribution < 1.29 is 8.95 Å². The number of hydrogen-bond acceptors (Lipinski definition) is 3. The number of nitrogens with two attached hydrogens (primary N) is 1. The van der Waals surface area contributed by atoms with E-state index in [-0.39, 0.29) is 0 Å². The van der Waals surface area contributed by atoms with Crippen molar-refractivity contribution >= 4 is 32.4 Å². The predicted octanol–water partition coefficient (Wildman–Crippen LogP) is 3.53. The first-order chi connectivity index (χ1) is 9.56. The Balaban J connectivity index is 1.92. The summed E-state index contributed by atoms with van der Waals surface area (Å²) >= 11 is 3.36. The Morgan fingerprint density at radius 3 is 2.60 bits per heavy atom. The Morgan fingerprint density at radius 2 is 1.90 bits per heavy atom. The van der Waals surface area contributed by atoms with E-state index < -0.39 is 10.8 Å². The molecule has 2 rings (SSSR count). The van der Waals surface area contributed by atoms with Crippen LogP contribution in [0.1, 0.15) is 5.56 Å². The van der Waals surface area contributed by atoms with Gasteiger partial charge in [-0.2, -0.15) is 0 Å². The van der Waals surface area contributed by atoms with Gasteiger partial charge in [0, 0.05) is 10.2 Å². The average molecular weight is 354 g/mol. The normalized spacial score (nSPS) is 12.1. The van der Waals surface area contributed by atoms with Gasteiger partial charge in [-0.25, -0.2) is 0 Å². The summed E-state index contributed by atoms with van der Waals surface area (Å²) in [6, 6.07) is 13.1. The lowest BCUT2D eigenvalue weighted by molar-refractivity contribution is 0.342. The minimum atomic E-state index is -1.14. The van der Waals surface area contributed by atoms with E-state index in [1.165, 1.54) is 0 Å². The molecule has 1 unspecified atom stereocenters. The first-order valence-electron chi connectivity index (χ1n) is 6.19. The summed E-state index contributed by atoms with van der Waals surface area (Å²) in [6.07, 6.45) is 0. The van der Waals surface area contributed by atoms with E-state index in [4.69, 9.17) is 10.5 Å². The molecule has 3 nitrogen and oxygen atoms in total. The van der Waals surface area contributed by atoms with Crippen LogP contribution in [0.3, 0.4) is 0 Å². The predicted molar refractivity (Wildman–Crippen MR) is 86.5 cm³/mol. The zero-order chi connectivity index (χ0) is 14.5. The van der Waals surface area contributed by atoms with Gasteiger partial charge in [-0.3, -0.25) is 4.21 Å². The summed E-state index contributed by atoms with van der Waals surface area (Å²) in [6.45, 7) is 2.35. The van der Waals surface area contributed by atoms with Crippen LogP contribution in [-0.2, 0) is 10.8 Å². The Kier molecular flexibility index (Phi) is 5.20. The maximum absolute atomic E-state index is 12.2. The Hall–Kier alpha value is -1.33. The van der Waals surface area contributed by atoms with Crippen molar-refractivity contribution in [2.75, 3.05) is 18.1 Å². The van der Waals surface area contributed by atoms with Crippen LogP contribution in [0, 0.1) is 6.92 Å². The Bertz CT molecular complexity index is 614. The topological polar surface area (TPSA) is 52.3 Å². The zero-order valence-corrected chi connectivity index (χ0v) is 13.5. The van der Waals surface area contributed by atoms with Crippen molar-refractivity contribution in [2.45, 2.75) is 11.8 Å². The molecule has 2 aromatic rings. The van der Waals surface area contributed by atoms with Crippen molar-refractivity contribution in [1.82, 2.24) is 0 Å². The third-order valence-electron chi connectivity index (χ3n) is 2.77. The van der Waals surface area contributed by atoms with Gasteiger partial charge < -0.3 is 10.5 Å². The highest BCUT2D eigenvalue weighted by atomic mass is 79.9. The highest BCUT2D eigenvalue weighted by molar-refractivity contribution is 9.10. The number of hydrogen-bond donors (Lipinski definition) is 1. The molecule has 0 aliphatic heterocycles. The zero-order valence-electron chi connectivity index (χ0n) is 11.1. The minimum absolute atomic E-state index is 0.391. The highest BCUT2D eigenvalue weighted by Crippen LogP contribution is 2.19. The average Bonchev–Trinajstić information content (AvgIpc) is 2.43. The molecular formula is C15H16BrNO2S. The summed E-state index contributed by atoms with van der Waals surface area (Å²) in [5.74, 6) is 1.19. The number of nitrogen functional groups attached to an aromatic ring is 1. The van der Waals surface area contributed by atoms with Crippen molar-refractivity contribution in [1.29, 1.82) is 0 Å². The lowest BCUT2D eigenvalue weighted by Gasteiger charge is -2.08. The smallest absolute Gasteiger partial charge is 0.119 e. The lowest BCUT2D eigenvalue weighted by Crippen LogP contribution is -2.10. The largest absolute Gasteiger partial charge is 0.493 e. The van der Waals surface area contributed by atoms with Crippen molar-refractivity contribution in [3.05, 3.63) is 52.5 Å². The van der Waals surface area contributed by atoms with Crippen LogP contribution in [0.5, 0.6) is 5.75 Å². The number of ether oxygens (including phenoxy) is 1. The van der Waals surface area contributed by atoms with Crippen molar-refractivity contribution in [2.24, 2.45) is 0 Å². The summed E-state index contributed by atoms with van der Waals surface area (Å²) in [5.41, 5.74) is 7.47. The molecule has 1 atom stereocenters. The molecule has 2 aromatic carbocycles. The number of halogens is 1. The summed E-state index contributed by atoms with van der Waals surface area (Å²) in [4.78, 5) is 0.685. The van der Waals surface area contributed by atoms with Crippen LogP contribution in [0.15, 0.2) is 51.8 Å². The number of benzene rings is 2. The molecule has 0 saturated carbocycles. The van der Waals surface area contributed by atoms with Gasteiger partial charge >= 0.3 is 0 Å². The van der Waals surface area contributed by atoms with Gasteiger partial charge in [-0.15, -0.1) is 0 Å². The molecule has 20 heavy (non-hydrogen) atoms. The van der Waals surface area contributed by atoms with Gasteiger partial charge in [0.05, 0.1) is 21.4 Å². The number of anilines is 1. The van der Waals surface area contributed by atoms with Gasteiger partial charge in [-0.05, 0) is 48.9 Å². The fourth-order valence-corrected chi connectivity index (χ4v) is 3.08. The van der Waals surface area contributed by atoms with E-state index in [2.05, 4.69) is 15.9 Å². The quantitative estimate of drug-likeness (QED) is 0.836. The standard InChI is InChI=1S/C15H16BrNO2S/c1-11-2-7-14(17)15(10-11)20(18)9-8-19-13-5-3-12(16)4-6-13/h2-7,10H,8-9,17H2,1H3. The van der Waals surface area contributed by atoms with Crippen LogP contribution < -0.4 is 10.5 Å². The molecule has 0 radical (unpaired) electrons. The second-order valence-electron chi connectivity index (χ2n) is 4.39. The summed E-state index contributed by atoms with van der Waals surface area (Å²) < 4.78 is 18.8. The Morgan fingerprint density at radius 1 is 1.20 bits per heavy atom. The third-order valence-corrected chi connectivity index (χ3v) is 4.68. The van der Waals surface area contributed by atoms with Gasteiger partial charge in [0.15, 0.2) is 0 Å². The molecule has 0 bridgehead atoms. The van der Waals surface area contributed by atoms with Crippen LogP contribution in [0.25, 0.3) is 0 Å². The van der Waals surface area contributed by atoms with Gasteiger partial charge in [0.1, 0.15) is 12.4 Å². The second kappa shape index (κ2) is 6.90. The fourth-order valence-electron chi connectivity index (χ4n) is 1.71. The van der Waals surface area contributed by atoms with Crippen LogP contribution >= 0.6 is 15.9 Å². The van der Waals surface area contributed by atoms with Gasteiger partial charge in [0.2, 0.25) is 0 Å². The highest BCUT2D eigenvalue weighted by Gasteiger charge is 2.08. The molecule has 0 aromatic heterocycles. The molecule has 0 fully saturated rings. The van der Waals surface area contributed by atoms with Crippen LogP contribution in [0.4, 0.5) is 5.69 Å². The minimum Gasteiger partial charge on any atom is -0.493 e. The monoisotopic (exact) mass is 353 g/mol. The van der Waals surface area contributed by atoms with Crippen molar-refractivity contribution in [3.63, 3.8) is 0 Å². The molecule has 0 amide bonds. The molecule has 5 heteroatoms. The number of aryl methyl sites for hydroxylation is 1. The van der Waals surface area contributed by atoms with Gasteiger partial charge in [0.25, 0.3) is 0 Å². The van der Waals surface area contributed by atoms with Crippen molar-refractivity contribution in [3.8, 4) is 5.75 Å². The van der Waals surface area contributed by atoms with E-state index in [1.807, 2.05) is 43.3 Å². The molecule has 0 aliphatic carbocycles. The van der Waals surface area contributed by atoms with Crippen LogP contribution in [0.2, 0.25) is 0 Å². The maximum Gasteiger partial charge on any atom is 0.119 e. The van der Waals surface area contributed by atoms with E-state index in [9.17, 15) is 4.21 Å². The van der Waals surface area contributed by atoms with E-state index in [1.54, 1.807) is 6.07 Å². The number of rotatable bonds is 5. The lowest BCUT2D eigenvalue weighted by atomic mass is 10.2. The first kappa shape index (κ1) is 15.1. The molecule has 0 heterocycles. The first-order valence-corrected chi connectivity index (χ1v) is 8.30.